The van der Waals surface area contributed by atoms with Crippen LogP contribution in [0.2, 0.25) is 0 Å². The van der Waals surface area contributed by atoms with Crippen LogP contribution >= 0.6 is 0 Å². The first-order valence-electron chi connectivity index (χ1n) is 5.30. The highest BCUT2D eigenvalue weighted by atomic mass is 16.5. The van der Waals surface area contributed by atoms with Crippen molar-refractivity contribution in [3.8, 4) is 0 Å². The molecule has 0 saturated heterocycles. The minimum absolute atomic E-state index is 0.351. The summed E-state index contributed by atoms with van der Waals surface area (Å²) in [7, 11) is 1.76. The van der Waals surface area contributed by atoms with E-state index in [0.717, 1.165) is 36.4 Å². The average molecular weight is 209 g/mol. The lowest BCUT2D eigenvalue weighted by Crippen LogP contribution is -2.11. The molecule has 0 amide bonds. The van der Waals surface area contributed by atoms with Gasteiger partial charge in [-0.3, -0.25) is 4.99 Å². The van der Waals surface area contributed by atoms with Crippen LogP contribution in [0.15, 0.2) is 21.9 Å². The van der Waals surface area contributed by atoms with Gasteiger partial charge in [0.15, 0.2) is 0 Å². The molecule has 1 fully saturated rings. The van der Waals surface area contributed by atoms with Crippen molar-refractivity contribution in [2.45, 2.75) is 39.2 Å². The third kappa shape index (κ3) is 3.73. The van der Waals surface area contributed by atoms with Gasteiger partial charge in [-0.1, -0.05) is 6.92 Å². The molecule has 0 unspecified atom stereocenters. The van der Waals surface area contributed by atoms with Gasteiger partial charge >= 0.3 is 0 Å². The summed E-state index contributed by atoms with van der Waals surface area (Å²) < 4.78 is 5.75. The first kappa shape index (κ1) is 11.8. The van der Waals surface area contributed by atoms with Gasteiger partial charge in [0.25, 0.3) is 0 Å². The largest absolute Gasteiger partial charge is 0.488 e. The molecule has 0 radical (unpaired) electrons. The molecule has 0 aliphatic heterocycles. The summed E-state index contributed by atoms with van der Waals surface area (Å²) in [6.07, 6.45) is 5.27. The van der Waals surface area contributed by atoms with Crippen molar-refractivity contribution in [2.24, 2.45) is 15.9 Å². The molecule has 15 heavy (non-hydrogen) atoms. The summed E-state index contributed by atoms with van der Waals surface area (Å²) in [5.41, 5.74) is 1.71. The molecule has 0 bridgehead atoms. The number of nitrogens with two attached hydrogens (primary N) is 1. The van der Waals surface area contributed by atoms with Crippen LogP contribution in [0.3, 0.4) is 0 Å². The van der Waals surface area contributed by atoms with Gasteiger partial charge in [-0.25, -0.2) is 0 Å². The molecule has 0 atom stereocenters. The van der Waals surface area contributed by atoms with Crippen molar-refractivity contribution in [2.75, 3.05) is 7.05 Å². The van der Waals surface area contributed by atoms with E-state index in [9.17, 15) is 0 Å². The number of rotatable bonds is 5. The van der Waals surface area contributed by atoms with Crippen molar-refractivity contribution < 1.29 is 4.74 Å². The molecule has 1 aliphatic carbocycles. The predicted octanol–water partition coefficient (Wildman–Crippen LogP) is 1.86. The molecule has 2 N–H and O–H groups in total. The number of nitrogens with zero attached hydrogens (tertiary/aromatic N) is 2. The second-order valence-electron chi connectivity index (χ2n) is 3.62. The maximum absolute atomic E-state index is 5.75. The lowest BCUT2D eigenvalue weighted by molar-refractivity contribution is 0.215. The molecular weight excluding hydrogens is 190 g/mol. The van der Waals surface area contributed by atoms with Crippen LogP contribution in [0.25, 0.3) is 0 Å². The molecular formula is C11H19N3O. The van der Waals surface area contributed by atoms with E-state index in [1.165, 1.54) is 0 Å². The quantitative estimate of drug-likeness (QED) is 0.325. The fourth-order valence-corrected chi connectivity index (χ4v) is 1.13. The Kier molecular flexibility index (Phi) is 4.34. The zero-order chi connectivity index (χ0) is 11.3. The van der Waals surface area contributed by atoms with Crippen LogP contribution in [-0.4, -0.2) is 24.6 Å². The summed E-state index contributed by atoms with van der Waals surface area (Å²) in [5.74, 6) is 6.09. The third-order valence-corrected chi connectivity index (χ3v) is 2.29. The van der Waals surface area contributed by atoms with E-state index in [4.69, 9.17) is 10.6 Å². The Labute approximate surface area is 90.9 Å². The Hall–Kier alpha value is -1.32. The minimum Gasteiger partial charge on any atom is -0.488 e. The van der Waals surface area contributed by atoms with Gasteiger partial charge in [-0.15, -0.1) is 0 Å². The standard InChI is InChI=1S/C11H19N3O/c1-4-10(14-12)11(7-8(2)13-3)15-9-5-6-9/h7,9H,4-6,12H2,1-3H3. The van der Waals surface area contributed by atoms with Gasteiger partial charge in [-0.2, -0.15) is 5.10 Å². The van der Waals surface area contributed by atoms with Gasteiger partial charge in [0.1, 0.15) is 11.5 Å². The van der Waals surface area contributed by atoms with E-state index >= 15 is 0 Å². The summed E-state index contributed by atoms with van der Waals surface area (Å²) in [5, 5.41) is 3.74. The topological polar surface area (TPSA) is 60.0 Å². The fourth-order valence-electron chi connectivity index (χ4n) is 1.13. The minimum atomic E-state index is 0.351. The van der Waals surface area contributed by atoms with E-state index in [-0.39, 0.29) is 0 Å². The number of ether oxygens (including phenoxy) is 1. The molecule has 0 aromatic carbocycles. The van der Waals surface area contributed by atoms with Gasteiger partial charge in [-0.05, 0) is 26.2 Å². The van der Waals surface area contributed by atoms with Gasteiger partial charge < -0.3 is 10.6 Å². The first-order chi connectivity index (χ1) is 7.21. The summed E-state index contributed by atoms with van der Waals surface area (Å²) in [4.78, 5) is 4.07. The second kappa shape index (κ2) is 5.53. The summed E-state index contributed by atoms with van der Waals surface area (Å²) in [6.45, 7) is 3.94. The van der Waals surface area contributed by atoms with Crippen molar-refractivity contribution >= 4 is 11.4 Å². The molecule has 0 heterocycles. The number of hydrogen-bond donors (Lipinski definition) is 1. The molecule has 0 aromatic heterocycles. The maximum Gasteiger partial charge on any atom is 0.144 e. The van der Waals surface area contributed by atoms with E-state index in [1.54, 1.807) is 7.05 Å². The van der Waals surface area contributed by atoms with Crippen LogP contribution in [0.5, 0.6) is 0 Å². The molecule has 4 heteroatoms. The molecule has 1 saturated carbocycles. The maximum atomic E-state index is 5.75. The Morgan fingerprint density at radius 2 is 2.20 bits per heavy atom. The number of hydrogen-bond acceptors (Lipinski definition) is 4. The van der Waals surface area contributed by atoms with E-state index in [0.29, 0.717) is 6.10 Å². The lowest BCUT2D eigenvalue weighted by Gasteiger charge is -2.10. The Morgan fingerprint density at radius 3 is 2.60 bits per heavy atom. The Balaban J connectivity index is 2.79. The van der Waals surface area contributed by atoms with Gasteiger partial charge in [0.2, 0.25) is 0 Å². The van der Waals surface area contributed by atoms with Gasteiger partial charge in [0, 0.05) is 18.8 Å². The van der Waals surface area contributed by atoms with Crippen LogP contribution in [0, 0.1) is 0 Å². The highest BCUT2D eigenvalue weighted by Crippen LogP contribution is 2.27. The molecule has 1 rings (SSSR count). The van der Waals surface area contributed by atoms with Crippen molar-refractivity contribution in [1.82, 2.24) is 0 Å². The highest BCUT2D eigenvalue weighted by molar-refractivity contribution is 6.05. The fraction of sp³-hybridized carbons (Fsp3) is 0.636. The second-order valence-corrected chi connectivity index (χ2v) is 3.62. The normalized spacial score (nSPS) is 19.3. The zero-order valence-electron chi connectivity index (χ0n) is 9.66. The van der Waals surface area contributed by atoms with Crippen molar-refractivity contribution in [3.63, 3.8) is 0 Å². The van der Waals surface area contributed by atoms with E-state index in [1.807, 2.05) is 19.9 Å². The molecule has 4 nitrogen and oxygen atoms in total. The van der Waals surface area contributed by atoms with E-state index < -0.39 is 0 Å². The van der Waals surface area contributed by atoms with Crippen LogP contribution < -0.4 is 5.84 Å². The lowest BCUT2D eigenvalue weighted by atomic mass is 10.2. The zero-order valence-corrected chi connectivity index (χ0v) is 9.66. The number of aliphatic imine (C=N–C) groups is 1. The molecule has 0 aromatic rings. The average Bonchev–Trinajstić information content (AvgIpc) is 3.03. The monoisotopic (exact) mass is 209 g/mol. The first-order valence-corrected chi connectivity index (χ1v) is 5.30. The van der Waals surface area contributed by atoms with Crippen LogP contribution in [0.1, 0.15) is 33.1 Å². The summed E-state index contributed by atoms with van der Waals surface area (Å²) in [6, 6.07) is 0. The third-order valence-electron chi connectivity index (χ3n) is 2.29. The highest BCUT2D eigenvalue weighted by Gasteiger charge is 2.25. The Bertz CT molecular complexity index is 301. The van der Waals surface area contributed by atoms with Crippen molar-refractivity contribution in [1.29, 1.82) is 0 Å². The summed E-state index contributed by atoms with van der Waals surface area (Å²) >= 11 is 0. The molecule has 0 spiro atoms. The van der Waals surface area contributed by atoms with Gasteiger partial charge in [0.05, 0.1) is 6.10 Å². The predicted molar refractivity (Wildman–Crippen MR) is 63.1 cm³/mol. The Morgan fingerprint density at radius 1 is 1.53 bits per heavy atom. The number of allylic oxidation sites excluding steroid dienone is 2. The smallest absolute Gasteiger partial charge is 0.144 e. The SMILES string of the molecule is CCC(=NN)C(=CC(C)=NC)OC1CC1. The van der Waals surface area contributed by atoms with E-state index in [2.05, 4.69) is 10.1 Å². The number of hydrazone groups is 1. The van der Waals surface area contributed by atoms with Crippen LogP contribution in [0.4, 0.5) is 0 Å². The van der Waals surface area contributed by atoms with Crippen molar-refractivity contribution in [3.05, 3.63) is 11.8 Å². The molecule has 84 valence electrons. The molecule has 1 aliphatic rings. The van der Waals surface area contributed by atoms with Crippen LogP contribution in [-0.2, 0) is 4.74 Å².